The molecule has 0 radical (unpaired) electrons. The summed E-state index contributed by atoms with van der Waals surface area (Å²) in [5, 5.41) is 0. The molecule has 0 aromatic heterocycles. The van der Waals surface area contributed by atoms with Crippen LogP contribution in [0.4, 0.5) is 13.2 Å². The maximum absolute atomic E-state index is 12.2. The molecule has 0 saturated heterocycles. The summed E-state index contributed by atoms with van der Waals surface area (Å²) in [6.45, 7) is 1.85. The zero-order valence-electron chi connectivity index (χ0n) is 11.2. The van der Waals surface area contributed by atoms with Gasteiger partial charge in [-0.15, -0.1) is 25.6 Å². The third-order valence-electron chi connectivity index (χ3n) is 2.81. The summed E-state index contributed by atoms with van der Waals surface area (Å²) in [6, 6.07) is 13.1. The summed E-state index contributed by atoms with van der Waals surface area (Å²) in [6.07, 6.45) is -4.69. The molecule has 0 spiro atoms. The first-order chi connectivity index (χ1) is 9.35. The van der Waals surface area contributed by atoms with E-state index in [-0.39, 0.29) is 24.2 Å². The number of halogens is 4. The van der Waals surface area contributed by atoms with Crippen LogP contribution in [0.5, 0.6) is 5.75 Å². The van der Waals surface area contributed by atoms with E-state index in [4.69, 9.17) is 5.73 Å². The van der Waals surface area contributed by atoms with E-state index in [1.165, 1.54) is 18.2 Å². The van der Waals surface area contributed by atoms with Crippen LogP contribution in [0, 0.1) is 0 Å². The summed E-state index contributed by atoms with van der Waals surface area (Å²) in [5.41, 5.74) is 8.17. The number of rotatable bonds is 3. The van der Waals surface area contributed by atoms with Crippen LogP contribution >= 0.6 is 12.4 Å². The highest BCUT2D eigenvalue weighted by Gasteiger charge is 2.31. The van der Waals surface area contributed by atoms with Crippen molar-refractivity contribution in [2.45, 2.75) is 19.3 Å². The maximum Gasteiger partial charge on any atom is 0.573 e. The predicted molar refractivity (Wildman–Crippen MR) is 78.4 cm³/mol. The molecular weight excluding hydrogens is 303 g/mol. The van der Waals surface area contributed by atoms with Crippen LogP contribution in [0.1, 0.15) is 18.5 Å². The standard InChI is InChI=1S/C15H14F3NO.ClH/c1-10(19)11-4-2-5-12(8-11)13-6-3-7-14(9-13)20-15(16,17)18;/h2-10H,19H2,1H3;1H. The van der Waals surface area contributed by atoms with Crippen molar-refractivity contribution in [2.24, 2.45) is 5.73 Å². The fraction of sp³-hybridized carbons (Fsp3) is 0.200. The van der Waals surface area contributed by atoms with Gasteiger partial charge >= 0.3 is 6.36 Å². The van der Waals surface area contributed by atoms with Crippen LogP contribution in [0.2, 0.25) is 0 Å². The van der Waals surface area contributed by atoms with Crippen LogP contribution in [0.3, 0.4) is 0 Å². The Bertz CT molecular complexity index is 599. The van der Waals surface area contributed by atoms with Gasteiger partial charge in [0.1, 0.15) is 5.75 Å². The van der Waals surface area contributed by atoms with Gasteiger partial charge in [0.05, 0.1) is 0 Å². The number of nitrogens with two attached hydrogens (primary N) is 1. The van der Waals surface area contributed by atoms with E-state index >= 15 is 0 Å². The van der Waals surface area contributed by atoms with Crippen molar-refractivity contribution < 1.29 is 17.9 Å². The molecule has 0 fully saturated rings. The highest BCUT2D eigenvalue weighted by molar-refractivity contribution is 5.85. The summed E-state index contributed by atoms with van der Waals surface area (Å²) in [4.78, 5) is 0. The van der Waals surface area contributed by atoms with Crippen molar-refractivity contribution in [3.63, 3.8) is 0 Å². The molecule has 21 heavy (non-hydrogen) atoms. The average Bonchev–Trinajstić information content (AvgIpc) is 2.37. The lowest BCUT2D eigenvalue weighted by atomic mass is 10.0. The largest absolute Gasteiger partial charge is 0.573 e. The lowest BCUT2D eigenvalue weighted by Crippen LogP contribution is -2.17. The second-order valence-corrected chi connectivity index (χ2v) is 4.49. The fourth-order valence-corrected chi connectivity index (χ4v) is 1.87. The first-order valence-corrected chi connectivity index (χ1v) is 6.07. The summed E-state index contributed by atoms with van der Waals surface area (Å²) < 4.78 is 40.5. The highest BCUT2D eigenvalue weighted by Crippen LogP contribution is 2.28. The Balaban J connectivity index is 0.00000220. The topological polar surface area (TPSA) is 35.2 Å². The Morgan fingerprint density at radius 3 is 2.14 bits per heavy atom. The Morgan fingerprint density at radius 2 is 1.57 bits per heavy atom. The van der Waals surface area contributed by atoms with E-state index < -0.39 is 6.36 Å². The summed E-state index contributed by atoms with van der Waals surface area (Å²) >= 11 is 0. The smallest absolute Gasteiger partial charge is 0.406 e. The van der Waals surface area contributed by atoms with E-state index in [0.29, 0.717) is 5.56 Å². The zero-order valence-corrected chi connectivity index (χ0v) is 12.0. The summed E-state index contributed by atoms with van der Waals surface area (Å²) in [5.74, 6) is -0.235. The molecule has 0 aliphatic rings. The van der Waals surface area contributed by atoms with Gasteiger partial charge in [0, 0.05) is 6.04 Å². The molecule has 2 nitrogen and oxygen atoms in total. The van der Waals surface area contributed by atoms with Gasteiger partial charge in [-0.25, -0.2) is 0 Å². The van der Waals surface area contributed by atoms with Crippen LogP contribution in [-0.2, 0) is 0 Å². The number of alkyl halides is 3. The molecule has 6 heteroatoms. The molecule has 0 aliphatic carbocycles. The Labute approximate surface area is 127 Å². The van der Waals surface area contributed by atoms with Crippen LogP contribution < -0.4 is 10.5 Å². The van der Waals surface area contributed by atoms with Gasteiger partial charge in [0.25, 0.3) is 0 Å². The number of benzene rings is 2. The minimum atomic E-state index is -4.69. The molecule has 0 amide bonds. The van der Waals surface area contributed by atoms with Gasteiger partial charge in [-0.3, -0.25) is 0 Å². The monoisotopic (exact) mass is 317 g/mol. The Kier molecular flexibility index (Phi) is 5.63. The molecule has 0 heterocycles. The second kappa shape index (κ2) is 6.83. The van der Waals surface area contributed by atoms with Crippen molar-refractivity contribution in [3.05, 3.63) is 54.1 Å². The van der Waals surface area contributed by atoms with Crippen LogP contribution in [-0.4, -0.2) is 6.36 Å². The molecule has 0 aliphatic heterocycles. The number of hydrogen-bond acceptors (Lipinski definition) is 2. The van der Waals surface area contributed by atoms with Gasteiger partial charge < -0.3 is 10.5 Å². The third-order valence-corrected chi connectivity index (χ3v) is 2.81. The second-order valence-electron chi connectivity index (χ2n) is 4.49. The minimum absolute atomic E-state index is 0. The third kappa shape index (κ3) is 4.95. The van der Waals surface area contributed by atoms with E-state index in [2.05, 4.69) is 4.74 Å². The van der Waals surface area contributed by atoms with E-state index in [0.717, 1.165) is 11.1 Å². The first-order valence-electron chi connectivity index (χ1n) is 6.07. The quantitative estimate of drug-likeness (QED) is 0.891. The van der Waals surface area contributed by atoms with E-state index in [1.54, 1.807) is 6.07 Å². The van der Waals surface area contributed by atoms with Gasteiger partial charge in [0.2, 0.25) is 0 Å². The van der Waals surface area contributed by atoms with Gasteiger partial charge in [-0.05, 0) is 41.8 Å². The first kappa shape index (κ1) is 17.3. The minimum Gasteiger partial charge on any atom is -0.406 e. The van der Waals surface area contributed by atoms with E-state index in [9.17, 15) is 13.2 Å². The Morgan fingerprint density at radius 1 is 1.00 bits per heavy atom. The van der Waals surface area contributed by atoms with Gasteiger partial charge in [-0.2, -0.15) is 0 Å². The van der Waals surface area contributed by atoms with Crippen molar-refractivity contribution in [1.82, 2.24) is 0 Å². The van der Waals surface area contributed by atoms with Gasteiger partial charge in [0.15, 0.2) is 0 Å². The van der Waals surface area contributed by atoms with Gasteiger partial charge in [-0.1, -0.05) is 30.3 Å². The molecule has 0 saturated carbocycles. The zero-order chi connectivity index (χ0) is 14.8. The van der Waals surface area contributed by atoms with Crippen molar-refractivity contribution in [3.8, 4) is 16.9 Å². The van der Waals surface area contributed by atoms with Crippen molar-refractivity contribution in [2.75, 3.05) is 0 Å². The molecule has 2 aromatic rings. The van der Waals surface area contributed by atoms with Crippen molar-refractivity contribution in [1.29, 1.82) is 0 Å². The molecule has 114 valence electrons. The average molecular weight is 318 g/mol. The van der Waals surface area contributed by atoms with Crippen LogP contribution in [0.15, 0.2) is 48.5 Å². The fourth-order valence-electron chi connectivity index (χ4n) is 1.87. The SMILES string of the molecule is CC(N)c1cccc(-c2cccc(OC(F)(F)F)c2)c1.Cl. The molecular formula is C15H15ClF3NO. The van der Waals surface area contributed by atoms with Crippen LogP contribution in [0.25, 0.3) is 11.1 Å². The molecule has 1 unspecified atom stereocenters. The lowest BCUT2D eigenvalue weighted by Gasteiger charge is -2.11. The van der Waals surface area contributed by atoms with E-state index in [1.807, 2.05) is 31.2 Å². The highest BCUT2D eigenvalue weighted by atomic mass is 35.5. The molecule has 1 atom stereocenters. The molecule has 2 aromatic carbocycles. The van der Waals surface area contributed by atoms with Crippen molar-refractivity contribution >= 4 is 12.4 Å². The lowest BCUT2D eigenvalue weighted by molar-refractivity contribution is -0.274. The maximum atomic E-state index is 12.2. The molecule has 2 rings (SSSR count). The Hall–Kier alpha value is -1.72. The molecule has 2 N–H and O–H groups in total. The number of ether oxygens (including phenoxy) is 1. The predicted octanol–water partition coefficient (Wildman–Crippen LogP) is 4.69. The molecule has 0 bridgehead atoms. The number of hydrogen-bond donors (Lipinski definition) is 1. The normalized spacial score (nSPS) is 12.4. The summed E-state index contributed by atoms with van der Waals surface area (Å²) in [7, 11) is 0.